The molecular formula is C14H21FN2O. The minimum absolute atomic E-state index is 0.0237. The molecule has 2 unspecified atom stereocenters. The Bertz CT molecular complexity index is 405. The van der Waals surface area contributed by atoms with Gasteiger partial charge in [-0.15, -0.1) is 0 Å². The summed E-state index contributed by atoms with van der Waals surface area (Å²) in [6, 6.07) is 4.65. The summed E-state index contributed by atoms with van der Waals surface area (Å²) in [5, 5.41) is 13.2. The molecule has 0 bridgehead atoms. The molecule has 1 aromatic carbocycles. The lowest BCUT2D eigenvalue weighted by atomic mass is 10.0. The van der Waals surface area contributed by atoms with Crippen LogP contribution >= 0.6 is 0 Å². The van der Waals surface area contributed by atoms with Crippen LogP contribution in [0, 0.1) is 5.82 Å². The van der Waals surface area contributed by atoms with Crippen LogP contribution in [-0.2, 0) is 0 Å². The first kappa shape index (κ1) is 13.3. The number of halogens is 1. The van der Waals surface area contributed by atoms with E-state index in [0.29, 0.717) is 11.6 Å². The zero-order valence-corrected chi connectivity index (χ0v) is 11.0. The molecule has 2 rings (SSSR count). The van der Waals surface area contributed by atoms with E-state index in [1.807, 2.05) is 6.92 Å². The summed E-state index contributed by atoms with van der Waals surface area (Å²) in [6.45, 7) is 7.02. The van der Waals surface area contributed by atoms with Gasteiger partial charge in [-0.2, -0.15) is 0 Å². The SMILES string of the molecule is CCN(C1CCNC1)C(C)c1cc(F)ccc1O. The second kappa shape index (κ2) is 5.67. The number of nitrogens with one attached hydrogen (secondary N) is 1. The fourth-order valence-corrected chi connectivity index (χ4v) is 2.81. The average Bonchev–Trinajstić information content (AvgIpc) is 2.87. The summed E-state index contributed by atoms with van der Waals surface area (Å²) in [7, 11) is 0. The molecule has 1 fully saturated rings. The van der Waals surface area contributed by atoms with Gasteiger partial charge < -0.3 is 10.4 Å². The Morgan fingerprint density at radius 1 is 1.56 bits per heavy atom. The quantitative estimate of drug-likeness (QED) is 0.863. The average molecular weight is 252 g/mol. The van der Waals surface area contributed by atoms with Crippen molar-refractivity contribution >= 4 is 0 Å². The fourth-order valence-electron chi connectivity index (χ4n) is 2.81. The summed E-state index contributed by atoms with van der Waals surface area (Å²) in [6.07, 6.45) is 1.11. The van der Waals surface area contributed by atoms with Crippen LogP contribution in [0.25, 0.3) is 0 Å². The van der Waals surface area contributed by atoms with Crippen molar-refractivity contribution in [1.29, 1.82) is 0 Å². The Hall–Kier alpha value is -1.13. The number of hydrogen-bond acceptors (Lipinski definition) is 3. The van der Waals surface area contributed by atoms with Gasteiger partial charge in [0.1, 0.15) is 11.6 Å². The first-order chi connectivity index (χ1) is 8.63. The van der Waals surface area contributed by atoms with E-state index in [9.17, 15) is 9.50 Å². The predicted molar refractivity (Wildman–Crippen MR) is 70.1 cm³/mol. The van der Waals surface area contributed by atoms with Crippen molar-refractivity contribution < 1.29 is 9.50 Å². The van der Waals surface area contributed by atoms with Gasteiger partial charge in [0.25, 0.3) is 0 Å². The Morgan fingerprint density at radius 2 is 2.33 bits per heavy atom. The molecule has 2 N–H and O–H groups in total. The first-order valence-electron chi connectivity index (χ1n) is 6.58. The maximum atomic E-state index is 13.3. The van der Waals surface area contributed by atoms with Crippen molar-refractivity contribution in [3.8, 4) is 5.75 Å². The predicted octanol–water partition coefficient (Wildman–Crippen LogP) is 2.28. The lowest BCUT2D eigenvalue weighted by molar-refractivity contribution is 0.160. The third-order valence-corrected chi connectivity index (χ3v) is 3.81. The molecule has 0 spiro atoms. The van der Waals surface area contributed by atoms with E-state index in [-0.39, 0.29) is 17.6 Å². The molecule has 18 heavy (non-hydrogen) atoms. The second-order valence-electron chi connectivity index (χ2n) is 4.86. The molecule has 2 atom stereocenters. The zero-order chi connectivity index (χ0) is 13.1. The molecule has 4 heteroatoms. The largest absolute Gasteiger partial charge is 0.508 e. The smallest absolute Gasteiger partial charge is 0.123 e. The Kier molecular flexibility index (Phi) is 4.19. The molecule has 0 aromatic heterocycles. The van der Waals surface area contributed by atoms with Crippen molar-refractivity contribution in [3.63, 3.8) is 0 Å². The van der Waals surface area contributed by atoms with Gasteiger partial charge in [0.05, 0.1) is 0 Å². The van der Waals surface area contributed by atoms with Crippen molar-refractivity contribution in [3.05, 3.63) is 29.6 Å². The molecular weight excluding hydrogens is 231 g/mol. The highest BCUT2D eigenvalue weighted by Crippen LogP contribution is 2.31. The molecule has 1 aliphatic rings. The molecule has 0 amide bonds. The molecule has 1 saturated heterocycles. The van der Waals surface area contributed by atoms with Gasteiger partial charge in [0, 0.05) is 24.2 Å². The lowest BCUT2D eigenvalue weighted by Crippen LogP contribution is -2.38. The maximum absolute atomic E-state index is 13.3. The van der Waals surface area contributed by atoms with Crippen LogP contribution in [-0.4, -0.2) is 35.7 Å². The summed E-state index contributed by atoms with van der Waals surface area (Å²) in [4.78, 5) is 2.31. The number of nitrogens with zero attached hydrogens (tertiary/aromatic N) is 1. The number of aromatic hydroxyl groups is 1. The summed E-state index contributed by atoms with van der Waals surface area (Å²) >= 11 is 0. The highest BCUT2D eigenvalue weighted by atomic mass is 19.1. The molecule has 100 valence electrons. The molecule has 1 aliphatic heterocycles. The number of phenolic OH excluding ortho intramolecular Hbond substituents is 1. The zero-order valence-electron chi connectivity index (χ0n) is 11.0. The third-order valence-electron chi connectivity index (χ3n) is 3.81. The number of likely N-dealkylation sites (N-methyl/N-ethyl adjacent to an activating group) is 1. The van der Waals surface area contributed by atoms with Crippen LogP contribution < -0.4 is 5.32 Å². The number of rotatable bonds is 4. The second-order valence-corrected chi connectivity index (χ2v) is 4.86. The van der Waals surface area contributed by atoms with E-state index in [2.05, 4.69) is 17.1 Å². The highest BCUT2D eigenvalue weighted by molar-refractivity contribution is 5.35. The summed E-state index contributed by atoms with van der Waals surface area (Å²) in [5.74, 6) is -0.122. The van der Waals surface area contributed by atoms with Gasteiger partial charge in [-0.05, 0) is 44.6 Å². The normalized spacial score (nSPS) is 21.4. The highest BCUT2D eigenvalue weighted by Gasteiger charge is 2.27. The summed E-state index contributed by atoms with van der Waals surface area (Å²) < 4.78 is 13.3. The van der Waals surface area contributed by atoms with Crippen LogP contribution in [0.3, 0.4) is 0 Å². The summed E-state index contributed by atoms with van der Waals surface area (Å²) in [5.41, 5.74) is 0.670. The van der Waals surface area contributed by atoms with E-state index in [4.69, 9.17) is 0 Å². The standard InChI is InChI=1S/C14H21FN2O/c1-3-17(12-6-7-16-9-12)10(2)13-8-11(15)4-5-14(13)18/h4-5,8,10,12,16,18H,3,6-7,9H2,1-2H3. The van der Waals surface area contributed by atoms with Crippen molar-refractivity contribution in [2.75, 3.05) is 19.6 Å². The van der Waals surface area contributed by atoms with Crippen LogP contribution in [0.1, 0.15) is 31.9 Å². The Labute approximate surface area is 108 Å². The monoisotopic (exact) mass is 252 g/mol. The van der Waals surface area contributed by atoms with Gasteiger partial charge in [-0.3, -0.25) is 4.90 Å². The van der Waals surface area contributed by atoms with Crippen molar-refractivity contribution in [2.24, 2.45) is 0 Å². The Balaban J connectivity index is 2.21. The molecule has 3 nitrogen and oxygen atoms in total. The van der Waals surface area contributed by atoms with E-state index >= 15 is 0 Å². The van der Waals surface area contributed by atoms with E-state index < -0.39 is 0 Å². The van der Waals surface area contributed by atoms with Crippen LogP contribution in [0.2, 0.25) is 0 Å². The number of benzene rings is 1. The molecule has 1 heterocycles. The van der Waals surface area contributed by atoms with Gasteiger partial charge in [-0.25, -0.2) is 4.39 Å². The van der Waals surface area contributed by atoms with E-state index in [0.717, 1.165) is 26.1 Å². The maximum Gasteiger partial charge on any atom is 0.123 e. The lowest BCUT2D eigenvalue weighted by Gasteiger charge is -2.33. The van der Waals surface area contributed by atoms with Crippen molar-refractivity contribution in [2.45, 2.75) is 32.4 Å². The number of phenols is 1. The first-order valence-corrected chi connectivity index (χ1v) is 6.58. The van der Waals surface area contributed by atoms with Crippen LogP contribution in [0.15, 0.2) is 18.2 Å². The minimum Gasteiger partial charge on any atom is -0.508 e. The van der Waals surface area contributed by atoms with E-state index in [1.54, 1.807) is 0 Å². The third kappa shape index (κ3) is 2.65. The molecule has 1 aromatic rings. The van der Waals surface area contributed by atoms with Gasteiger partial charge in [0.2, 0.25) is 0 Å². The molecule has 0 radical (unpaired) electrons. The van der Waals surface area contributed by atoms with Crippen LogP contribution in [0.5, 0.6) is 5.75 Å². The minimum atomic E-state index is -0.296. The topological polar surface area (TPSA) is 35.5 Å². The van der Waals surface area contributed by atoms with Crippen LogP contribution in [0.4, 0.5) is 4.39 Å². The number of hydrogen-bond donors (Lipinski definition) is 2. The molecule has 0 saturated carbocycles. The molecule has 0 aliphatic carbocycles. The Morgan fingerprint density at radius 3 is 2.94 bits per heavy atom. The van der Waals surface area contributed by atoms with Gasteiger partial charge >= 0.3 is 0 Å². The fraction of sp³-hybridized carbons (Fsp3) is 0.571. The van der Waals surface area contributed by atoms with Crippen molar-refractivity contribution in [1.82, 2.24) is 10.2 Å². The van der Waals surface area contributed by atoms with Gasteiger partial charge in [0.15, 0.2) is 0 Å². The van der Waals surface area contributed by atoms with E-state index in [1.165, 1.54) is 18.2 Å². The van der Waals surface area contributed by atoms with Gasteiger partial charge in [-0.1, -0.05) is 6.92 Å².